The van der Waals surface area contributed by atoms with E-state index >= 15 is 0 Å². The van der Waals surface area contributed by atoms with Gasteiger partial charge in [0.2, 0.25) is 0 Å². The summed E-state index contributed by atoms with van der Waals surface area (Å²) < 4.78 is 0. The Hall–Kier alpha value is -2.18. The fourth-order valence-electron chi connectivity index (χ4n) is 0.725. The van der Waals surface area contributed by atoms with E-state index in [2.05, 4.69) is 20.4 Å². The molecule has 1 heterocycles. The first-order valence-electron chi connectivity index (χ1n) is 3.73. The quantitative estimate of drug-likeness (QED) is 0.246. The van der Waals surface area contributed by atoms with E-state index in [1.54, 1.807) is 0 Å². The number of oxime groups is 1. The van der Waals surface area contributed by atoms with E-state index in [1.165, 1.54) is 18.7 Å². The fourth-order valence-corrected chi connectivity index (χ4v) is 0.725. The Bertz CT molecular complexity index is 337. The number of amidine groups is 1. The lowest BCUT2D eigenvalue weighted by Gasteiger charge is -2.02. The molecular formula is C7H9N5O2. The minimum absolute atomic E-state index is 0.0236. The normalized spacial score (nSPS) is 11.0. The summed E-state index contributed by atoms with van der Waals surface area (Å²) in [5.74, 6) is -0.451. The molecule has 7 heteroatoms. The lowest BCUT2D eigenvalue weighted by atomic mass is 10.3. The first-order chi connectivity index (χ1) is 6.74. The number of rotatable bonds is 3. The molecule has 0 aliphatic carbocycles. The standard InChI is InChI=1S/C7H9N5O2/c8-6(12-14)3-11-7(13)5-1-9-4-10-2-5/h1-2,4,14H,3H2,(H2,8,12)(H,11,13). The SMILES string of the molecule is NC(CNC(=O)c1cncnc1)=NO. The van der Waals surface area contributed by atoms with Gasteiger partial charge in [-0.2, -0.15) is 0 Å². The molecule has 0 saturated carbocycles. The molecule has 1 aromatic heterocycles. The largest absolute Gasteiger partial charge is 0.409 e. The zero-order chi connectivity index (χ0) is 10.4. The van der Waals surface area contributed by atoms with E-state index in [0.717, 1.165) is 0 Å². The highest BCUT2D eigenvalue weighted by Crippen LogP contribution is 1.91. The topological polar surface area (TPSA) is 113 Å². The van der Waals surface area contributed by atoms with E-state index < -0.39 is 0 Å². The zero-order valence-electron chi connectivity index (χ0n) is 7.21. The van der Waals surface area contributed by atoms with Gasteiger partial charge in [-0.3, -0.25) is 4.79 Å². The van der Waals surface area contributed by atoms with E-state index in [-0.39, 0.29) is 18.3 Å². The molecule has 0 fully saturated rings. The number of nitrogens with one attached hydrogen (secondary N) is 1. The zero-order valence-corrected chi connectivity index (χ0v) is 7.21. The van der Waals surface area contributed by atoms with Crippen LogP contribution in [0.1, 0.15) is 10.4 Å². The third-order valence-electron chi connectivity index (χ3n) is 1.38. The average molecular weight is 195 g/mol. The van der Waals surface area contributed by atoms with Crippen molar-refractivity contribution in [2.24, 2.45) is 10.9 Å². The summed E-state index contributed by atoms with van der Waals surface area (Å²) in [5, 5.41) is 13.3. The molecule has 14 heavy (non-hydrogen) atoms. The predicted molar refractivity (Wildman–Crippen MR) is 47.8 cm³/mol. The van der Waals surface area contributed by atoms with E-state index in [1.807, 2.05) is 0 Å². The van der Waals surface area contributed by atoms with Crippen LogP contribution in [0.2, 0.25) is 0 Å². The lowest BCUT2D eigenvalue weighted by molar-refractivity contribution is 0.0958. The van der Waals surface area contributed by atoms with Crippen LogP contribution in [0.15, 0.2) is 23.9 Å². The molecule has 0 aliphatic heterocycles. The molecule has 0 unspecified atom stereocenters. The summed E-state index contributed by atoms with van der Waals surface area (Å²) in [5.41, 5.74) is 5.47. The van der Waals surface area contributed by atoms with Gasteiger partial charge in [0.05, 0.1) is 12.1 Å². The van der Waals surface area contributed by atoms with Gasteiger partial charge in [-0.15, -0.1) is 0 Å². The van der Waals surface area contributed by atoms with Gasteiger partial charge in [0.1, 0.15) is 6.33 Å². The third-order valence-corrected chi connectivity index (χ3v) is 1.38. The van der Waals surface area contributed by atoms with Crippen LogP contribution in [0.5, 0.6) is 0 Å². The molecular weight excluding hydrogens is 186 g/mol. The van der Waals surface area contributed by atoms with Gasteiger partial charge < -0.3 is 16.3 Å². The number of nitrogens with zero attached hydrogens (tertiary/aromatic N) is 3. The van der Waals surface area contributed by atoms with Crippen LogP contribution in [-0.4, -0.2) is 33.5 Å². The molecule has 0 bridgehead atoms. The Kier molecular flexibility index (Phi) is 3.36. The lowest BCUT2D eigenvalue weighted by Crippen LogP contribution is -2.33. The fraction of sp³-hybridized carbons (Fsp3) is 0.143. The van der Waals surface area contributed by atoms with Crippen LogP contribution in [-0.2, 0) is 0 Å². The smallest absolute Gasteiger partial charge is 0.254 e. The highest BCUT2D eigenvalue weighted by atomic mass is 16.4. The van der Waals surface area contributed by atoms with Gasteiger partial charge in [0.15, 0.2) is 5.84 Å². The molecule has 0 spiro atoms. The van der Waals surface area contributed by atoms with Gasteiger partial charge in [0, 0.05) is 12.4 Å². The molecule has 1 rings (SSSR count). The first kappa shape index (κ1) is 9.90. The van der Waals surface area contributed by atoms with Gasteiger partial charge in [0.25, 0.3) is 5.91 Å². The van der Waals surface area contributed by atoms with Crippen LogP contribution in [0.25, 0.3) is 0 Å². The van der Waals surface area contributed by atoms with Crippen molar-refractivity contribution in [2.45, 2.75) is 0 Å². The molecule has 0 aliphatic rings. The van der Waals surface area contributed by atoms with Crippen molar-refractivity contribution in [3.05, 3.63) is 24.3 Å². The molecule has 1 amide bonds. The Morgan fingerprint density at radius 3 is 2.79 bits per heavy atom. The van der Waals surface area contributed by atoms with Crippen LogP contribution in [0.3, 0.4) is 0 Å². The third kappa shape index (κ3) is 2.70. The molecule has 74 valence electrons. The van der Waals surface area contributed by atoms with Crippen LogP contribution in [0.4, 0.5) is 0 Å². The maximum atomic E-state index is 11.3. The minimum Gasteiger partial charge on any atom is -0.409 e. The highest BCUT2D eigenvalue weighted by molar-refractivity contribution is 5.96. The molecule has 0 radical (unpaired) electrons. The predicted octanol–water partition coefficient (Wildman–Crippen LogP) is -1.05. The number of nitrogens with two attached hydrogens (primary N) is 1. The van der Waals surface area contributed by atoms with Crippen molar-refractivity contribution in [1.82, 2.24) is 15.3 Å². The number of amides is 1. The number of carbonyl (C=O) groups excluding carboxylic acids is 1. The van der Waals surface area contributed by atoms with E-state index in [9.17, 15) is 4.79 Å². The number of hydrogen-bond donors (Lipinski definition) is 3. The Morgan fingerprint density at radius 1 is 1.57 bits per heavy atom. The van der Waals surface area contributed by atoms with Gasteiger partial charge in [-0.05, 0) is 0 Å². The summed E-state index contributed by atoms with van der Waals surface area (Å²) in [6.07, 6.45) is 4.06. The highest BCUT2D eigenvalue weighted by Gasteiger charge is 2.05. The van der Waals surface area contributed by atoms with E-state index in [4.69, 9.17) is 10.9 Å². The Balaban J connectivity index is 2.52. The number of hydrogen-bond acceptors (Lipinski definition) is 5. The molecule has 0 aromatic carbocycles. The molecule has 0 atom stereocenters. The van der Waals surface area contributed by atoms with Crippen molar-refractivity contribution in [1.29, 1.82) is 0 Å². The van der Waals surface area contributed by atoms with Crippen molar-refractivity contribution >= 4 is 11.7 Å². The Labute approximate surface area is 79.7 Å². The van der Waals surface area contributed by atoms with E-state index in [0.29, 0.717) is 5.56 Å². The van der Waals surface area contributed by atoms with Crippen LogP contribution in [0, 0.1) is 0 Å². The van der Waals surface area contributed by atoms with Crippen molar-refractivity contribution < 1.29 is 10.0 Å². The van der Waals surface area contributed by atoms with Crippen molar-refractivity contribution in [3.8, 4) is 0 Å². The maximum absolute atomic E-state index is 11.3. The molecule has 0 saturated heterocycles. The monoisotopic (exact) mass is 195 g/mol. The van der Waals surface area contributed by atoms with Crippen molar-refractivity contribution in [3.63, 3.8) is 0 Å². The molecule has 1 aromatic rings. The number of aromatic nitrogens is 2. The van der Waals surface area contributed by atoms with Gasteiger partial charge >= 0.3 is 0 Å². The summed E-state index contributed by atoms with van der Waals surface area (Å²) in [7, 11) is 0. The van der Waals surface area contributed by atoms with Gasteiger partial charge in [-0.25, -0.2) is 9.97 Å². The van der Waals surface area contributed by atoms with Gasteiger partial charge in [-0.1, -0.05) is 5.16 Å². The summed E-state index contributed by atoms with van der Waals surface area (Å²) >= 11 is 0. The second kappa shape index (κ2) is 4.75. The van der Waals surface area contributed by atoms with Crippen molar-refractivity contribution in [2.75, 3.05) is 6.54 Å². The summed E-state index contributed by atoms with van der Waals surface area (Å²) in [4.78, 5) is 18.6. The maximum Gasteiger partial charge on any atom is 0.254 e. The minimum atomic E-state index is -0.378. The first-order valence-corrected chi connectivity index (χ1v) is 3.73. The number of carbonyl (C=O) groups is 1. The molecule has 4 N–H and O–H groups in total. The second-order valence-corrected chi connectivity index (χ2v) is 2.40. The molecule has 7 nitrogen and oxygen atoms in total. The summed E-state index contributed by atoms with van der Waals surface area (Å²) in [6, 6.07) is 0. The summed E-state index contributed by atoms with van der Waals surface area (Å²) in [6.45, 7) is -0.0236. The van der Waals surface area contributed by atoms with Crippen LogP contribution >= 0.6 is 0 Å². The average Bonchev–Trinajstić information content (AvgIpc) is 2.26. The Morgan fingerprint density at radius 2 is 2.21 bits per heavy atom. The second-order valence-electron chi connectivity index (χ2n) is 2.40. The van der Waals surface area contributed by atoms with Crippen LogP contribution < -0.4 is 11.1 Å².